The van der Waals surface area contributed by atoms with Crippen molar-refractivity contribution in [1.29, 1.82) is 0 Å². The zero-order chi connectivity index (χ0) is 19.3. The summed E-state index contributed by atoms with van der Waals surface area (Å²) in [7, 11) is -0.743. The minimum Gasteiger partial charge on any atom is -0.490 e. The third-order valence-electron chi connectivity index (χ3n) is 3.61. The molecule has 0 aliphatic carbocycles. The molecule has 0 unspecified atom stereocenters. The molecule has 0 saturated heterocycles. The molecule has 26 heavy (non-hydrogen) atoms. The number of hydrogen-bond acceptors (Lipinski definition) is 5. The van der Waals surface area contributed by atoms with Gasteiger partial charge >= 0.3 is 5.97 Å². The molecular weight excluding hydrogens is 422 g/mol. The van der Waals surface area contributed by atoms with Crippen LogP contribution in [0.25, 0.3) is 0 Å². The predicted octanol–water partition coefficient (Wildman–Crippen LogP) is 3.24. The van der Waals surface area contributed by atoms with E-state index in [0.29, 0.717) is 11.3 Å². The number of rotatable bonds is 7. The largest absolute Gasteiger partial charge is 0.490 e. The second-order valence-electron chi connectivity index (χ2n) is 5.70. The number of halogens is 1. The Morgan fingerprint density at radius 1 is 1.08 bits per heavy atom. The fraction of sp³-hybridized carbons (Fsp3) is 0.278. The van der Waals surface area contributed by atoms with E-state index in [1.807, 2.05) is 12.1 Å². The fourth-order valence-electron chi connectivity index (χ4n) is 2.09. The van der Waals surface area contributed by atoms with Crippen molar-refractivity contribution in [3.63, 3.8) is 0 Å². The summed E-state index contributed by atoms with van der Waals surface area (Å²) in [6.45, 7) is 1.97. The molecule has 0 fully saturated rings. The average Bonchev–Trinajstić information content (AvgIpc) is 2.60. The van der Waals surface area contributed by atoms with E-state index in [4.69, 9.17) is 9.47 Å². The molecule has 0 atom stereocenters. The van der Waals surface area contributed by atoms with E-state index in [-0.39, 0.29) is 23.7 Å². The summed E-state index contributed by atoms with van der Waals surface area (Å²) < 4.78 is 37.1. The fourth-order valence-corrected chi connectivity index (χ4v) is 3.29. The van der Waals surface area contributed by atoms with Gasteiger partial charge in [-0.05, 0) is 48.9 Å². The van der Waals surface area contributed by atoms with Crippen LogP contribution in [0.3, 0.4) is 0 Å². The van der Waals surface area contributed by atoms with Crippen LogP contribution in [0.15, 0.2) is 51.8 Å². The molecule has 0 heterocycles. The molecule has 6 nitrogen and oxygen atoms in total. The van der Waals surface area contributed by atoms with E-state index in [1.54, 1.807) is 25.1 Å². The topological polar surface area (TPSA) is 72.9 Å². The highest BCUT2D eigenvalue weighted by Gasteiger charge is 2.20. The SMILES string of the molecule is Cc1ccc(S(=O)(=O)N(C)C)cc1C(=O)OCCOc1ccc(Br)cc1. The zero-order valence-corrected chi connectivity index (χ0v) is 17.1. The Morgan fingerprint density at radius 2 is 1.73 bits per heavy atom. The lowest BCUT2D eigenvalue weighted by Crippen LogP contribution is -2.23. The number of carbonyl (C=O) groups excluding carboxylic acids is 1. The maximum Gasteiger partial charge on any atom is 0.338 e. The van der Waals surface area contributed by atoms with Crippen molar-refractivity contribution in [2.75, 3.05) is 27.3 Å². The lowest BCUT2D eigenvalue weighted by atomic mass is 10.1. The van der Waals surface area contributed by atoms with Crippen molar-refractivity contribution < 1.29 is 22.7 Å². The Kier molecular flexibility index (Phi) is 6.80. The van der Waals surface area contributed by atoms with Gasteiger partial charge in [0.15, 0.2) is 0 Å². The first-order valence-electron chi connectivity index (χ1n) is 7.80. The molecular formula is C18H20BrNO5S. The van der Waals surface area contributed by atoms with Gasteiger partial charge in [0.05, 0.1) is 10.5 Å². The minimum absolute atomic E-state index is 0.0474. The van der Waals surface area contributed by atoms with Crippen LogP contribution in [-0.2, 0) is 14.8 Å². The van der Waals surface area contributed by atoms with Crippen LogP contribution < -0.4 is 4.74 Å². The van der Waals surface area contributed by atoms with Crippen LogP contribution in [0.2, 0.25) is 0 Å². The van der Waals surface area contributed by atoms with Gasteiger partial charge in [0.2, 0.25) is 10.0 Å². The van der Waals surface area contributed by atoms with Gasteiger partial charge in [0, 0.05) is 18.6 Å². The molecule has 0 saturated carbocycles. The van der Waals surface area contributed by atoms with E-state index in [2.05, 4.69) is 15.9 Å². The molecule has 140 valence electrons. The molecule has 2 aromatic rings. The van der Waals surface area contributed by atoms with Gasteiger partial charge in [0.25, 0.3) is 0 Å². The average molecular weight is 442 g/mol. The van der Waals surface area contributed by atoms with Gasteiger partial charge in [-0.1, -0.05) is 22.0 Å². The van der Waals surface area contributed by atoms with Crippen molar-refractivity contribution >= 4 is 31.9 Å². The zero-order valence-electron chi connectivity index (χ0n) is 14.7. The Hall–Kier alpha value is -1.90. The lowest BCUT2D eigenvalue weighted by molar-refractivity contribution is 0.0449. The van der Waals surface area contributed by atoms with Crippen LogP contribution in [0.4, 0.5) is 0 Å². The van der Waals surface area contributed by atoms with Crippen molar-refractivity contribution in [3.8, 4) is 5.75 Å². The number of ether oxygens (including phenoxy) is 2. The molecule has 0 bridgehead atoms. The van der Waals surface area contributed by atoms with Crippen molar-refractivity contribution in [1.82, 2.24) is 4.31 Å². The van der Waals surface area contributed by atoms with Crippen LogP contribution in [-0.4, -0.2) is 46.0 Å². The number of benzene rings is 2. The van der Waals surface area contributed by atoms with Gasteiger partial charge in [-0.3, -0.25) is 0 Å². The molecule has 2 rings (SSSR count). The molecule has 0 amide bonds. The van der Waals surface area contributed by atoms with E-state index in [1.165, 1.54) is 26.2 Å². The maximum atomic E-state index is 12.3. The molecule has 8 heteroatoms. The van der Waals surface area contributed by atoms with Gasteiger partial charge < -0.3 is 9.47 Å². The number of aryl methyl sites for hydroxylation is 1. The smallest absolute Gasteiger partial charge is 0.338 e. The number of esters is 1. The summed E-state index contributed by atoms with van der Waals surface area (Å²) in [5.41, 5.74) is 0.859. The van der Waals surface area contributed by atoms with Gasteiger partial charge in [-0.2, -0.15) is 0 Å². The van der Waals surface area contributed by atoms with E-state index in [9.17, 15) is 13.2 Å². The van der Waals surface area contributed by atoms with E-state index >= 15 is 0 Å². The van der Waals surface area contributed by atoms with E-state index < -0.39 is 16.0 Å². The normalized spacial score (nSPS) is 11.4. The second-order valence-corrected chi connectivity index (χ2v) is 8.77. The Bertz CT molecular complexity index is 879. The number of carbonyl (C=O) groups is 1. The molecule has 0 spiro atoms. The van der Waals surface area contributed by atoms with Gasteiger partial charge in [0.1, 0.15) is 19.0 Å². The molecule has 2 aromatic carbocycles. The highest BCUT2D eigenvalue weighted by atomic mass is 79.9. The van der Waals surface area contributed by atoms with Crippen molar-refractivity contribution in [2.45, 2.75) is 11.8 Å². The Labute approximate surface area is 161 Å². The number of sulfonamides is 1. The molecule has 0 aromatic heterocycles. The van der Waals surface area contributed by atoms with Crippen molar-refractivity contribution in [3.05, 3.63) is 58.1 Å². The van der Waals surface area contributed by atoms with Crippen LogP contribution in [0.1, 0.15) is 15.9 Å². The second kappa shape index (κ2) is 8.66. The standard InChI is InChI=1S/C18H20BrNO5S/c1-13-4-9-16(26(22,23)20(2)3)12-17(13)18(21)25-11-10-24-15-7-5-14(19)6-8-15/h4-9,12H,10-11H2,1-3H3. The monoisotopic (exact) mass is 441 g/mol. The summed E-state index contributed by atoms with van der Waals surface area (Å²) >= 11 is 3.34. The first-order valence-corrected chi connectivity index (χ1v) is 10.0. The molecule has 0 N–H and O–H groups in total. The highest BCUT2D eigenvalue weighted by Crippen LogP contribution is 2.19. The summed E-state index contributed by atoms with van der Waals surface area (Å²) in [5.74, 6) is 0.0808. The van der Waals surface area contributed by atoms with Crippen LogP contribution >= 0.6 is 15.9 Å². The summed E-state index contributed by atoms with van der Waals surface area (Å²) in [5, 5.41) is 0. The number of hydrogen-bond donors (Lipinski definition) is 0. The first kappa shape index (κ1) is 20.4. The van der Waals surface area contributed by atoms with Crippen LogP contribution in [0, 0.1) is 6.92 Å². The highest BCUT2D eigenvalue weighted by molar-refractivity contribution is 9.10. The quantitative estimate of drug-likeness (QED) is 0.486. The molecule has 0 aliphatic heterocycles. The van der Waals surface area contributed by atoms with Crippen molar-refractivity contribution in [2.24, 2.45) is 0 Å². The minimum atomic E-state index is -3.62. The third-order valence-corrected chi connectivity index (χ3v) is 5.95. The Balaban J connectivity index is 1.99. The lowest BCUT2D eigenvalue weighted by Gasteiger charge is -2.13. The summed E-state index contributed by atoms with van der Waals surface area (Å²) in [4.78, 5) is 12.3. The maximum absolute atomic E-state index is 12.3. The van der Waals surface area contributed by atoms with Gasteiger partial charge in [-0.25, -0.2) is 17.5 Å². The summed E-state index contributed by atoms with van der Waals surface area (Å²) in [6, 6.07) is 11.7. The molecule has 0 aliphatic rings. The van der Waals surface area contributed by atoms with Crippen LogP contribution in [0.5, 0.6) is 5.75 Å². The summed E-state index contributed by atoms with van der Waals surface area (Å²) in [6.07, 6.45) is 0. The predicted molar refractivity (Wildman–Crippen MR) is 102 cm³/mol. The Morgan fingerprint density at radius 3 is 2.35 bits per heavy atom. The van der Waals surface area contributed by atoms with Gasteiger partial charge in [-0.15, -0.1) is 0 Å². The number of nitrogens with zero attached hydrogens (tertiary/aromatic N) is 1. The van der Waals surface area contributed by atoms with E-state index in [0.717, 1.165) is 8.78 Å². The molecule has 0 radical (unpaired) electrons. The first-order chi connectivity index (χ1) is 12.2. The third kappa shape index (κ3) is 5.06.